The van der Waals surface area contributed by atoms with Crippen LogP contribution in [0.25, 0.3) is 0 Å². The zero-order valence-electron chi connectivity index (χ0n) is 12.1. The van der Waals surface area contributed by atoms with E-state index in [4.69, 9.17) is 0 Å². The first-order valence-corrected chi connectivity index (χ1v) is 7.12. The predicted octanol–water partition coefficient (Wildman–Crippen LogP) is 3.15. The van der Waals surface area contributed by atoms with E-state index in [-0.39, 0.29) is 0 Å². The van der Waals surface area contributed by atoms with E-state index in [1.807, 2.05) is 25.1 Å². The minimum Gasteiger partial charge on any atom is -0.381 e. The number of nitrogens with zero attached hydrogens (tertiary/aromatic N) is 2. The van der Waals surface area contributed by atoms with E-state index in [2.05, 4.69) is 30.1 Å². The number of hydrogen-bond acceptors (Lipinski definition) is 3. The lowest BCUT2D eigenvalue weighted by atomic mass is 10.0. The van der Waals surface area contributed by atoms with Crippen molar-refractivity contribution in [3.05, 3.63) is 29.3 Å². The molecule has 1 aliphatic rings. The molecule has 0 aromatic heterocycles. The second-order valence-electron chi connectivity index (χ2n) is 5.66. The Kier molecular flexibility index (Phi) is 4.44. The summed E-state index contributed by atoms with van der Waals surface area (Å²) in [6.45, 7) is 8.78. The summed E-state index contributed by atoms with van der Waals surface area (Å²) in [6.07, 6.45) is 2.30. The predicted molar refractivity (Wildman–Crippen MR) is 79.2 cm³/mol. The maximum absolute atomic E-state index is 9.25. The second-order valence-corrected chi connectivity index (χ2v) is 5.66. The van der Waals surface area contributed by atoms with E-state index >= 15 is 0 Å². The highest BCUT2D eigenvalue weighted by atomic mass is 15.2. The number of aryl methyl sites for hydroxylation is 1. The van der Waals surface area contributed by atoms with Crippen molar-refractivity contribution in [1.29, 1.82) is 5.26 Å². The van der Waals surface area contributed by atoms with Gasteiger partial charge >= 0.3 is 0 Å². The molecule has 2 rings (SSSR count). The fraction of sp³-hybridized carbons (Fsp3) is 0.562. The highest BCUT2D eigenvalue weighted by Crippen LogP contribution is 2.22. The van der Waals surface area contributed by atoms with Crippen LogP contribution in [0.15, 0.2) is 18.2 Å². The summed E-state index contributed by atoms with van der Waals surface area (Å²) in [4.78, 5) is 2.51. The van der Waals surface area contributed by atoms with Crippen LogP contribution in [0.1, 0.15) is 37.8 Å². The Morgan fingerprint density at radius 1 is 1.32 bits per heavy atom. The van der Waals surface area contributed by atoms with Crippen LogP contribution < -0.4 is 5.32 Å². The summed E-state index contributed by atoms with van der Waals surface area (Å²) in [6, 6.07) is 9.45. The smallest absolute Gasteiger partial charge is 0.102 e. The normalized spacial score (nSPS) is 17.4. The van der Waals surface area contributed by atoms with Crippen LogP contribution in [0.4, 0.5) is 5.69 Å². The molecular formula is C16H23N3. The molecular weight excluding hydrogens is 234 g/mol. The van der Waals surface area contributed by atoms with Crippen molar-refractivity contribution >= 4 is 5.69 Å². The standard InChI is InChI=1S/C16H23N3/c1-12(2)19-9-7-14(8-10-19)18-16-6-4-5-13(3)15(16)11-17/h4-6,12,14,18H,7-10H2,1-3H3. The Morgan fingerprint density at radius 2 is 2.00 bits per heavy atom. The molecule has 1 aromatic carbocycles. The number of rotatable bonds is 3. The number of piperidine rings is 1. The van der Waals surface area contributed by atoms with Gasteiger partial charge < -0.3 is 10.2 Å². The number of nitriles is 1. The van der Waals surface area contributed by atoms with E-state index in [9.17, 15) is 5.26 Å². The molecule has 1 N–H and O–H groups in total. The first-order chi connectivity index (χ1) is 9.11. The van der Waals surface area contributed by atoms with Crippen LogP contribution >= 0.6 is 0 Å². The van der Waals surface area contributed by atoms with Crippen LogP contribution in [0, 0.1) is 18.3 Å². The number of anilines is 1. The maximum atomic E-state index is 9.25. The van der Waals surface area contributed by atoms with Gasteiger partial charge in [-0.1, -0.05) is 12.1 Å². The molecule has 1 aliphatic heterocycles. The zero-order valence-corrected chi connectivity index (χ0v) is 12.1. The van der Waals surface area contributed by atoms with Crippen molar-refractivity contribution in [3.8, 4) is 6.07 Å². The summed E-state index contributed by atoms with van der Waals surface area (Å²) in [5.74, 6) is 0. The molecule has 0 unspecified atom stereocenters. The summed E-state index contributed by atoms with van der Waals surface area (Å²) in [5.41, 5.74) is 2.83. The monoisotopic (exact) mass is 257 g/mol. The summed E-state index contributed by atoms with van der Waals surface area (Å²) >= 11 is 0. The maximum Gasteiger partial charge on any atom is 0.102 e. The van der Waals surface area contributed by atoms with Gasteiger partial charge in [-0.3, -0.25) is 0 Å². The minimum absolute atomic E-state index is 0.490. The van der Waals surface area contributed by atoms with Crippen LogP contribution in [0.2, 0.25) is 0 Å². The van der Waals surface area contributed by atoms with Crippen molar-refractivity contribution in [2.45, 2.75) is 45.7 Å². The third-order valence-electron chi connectivity index (χ3n) is 4.00. The highest BCUT2D eigenvalue weighted by Gasteiger charge is 2.21. The summed E-state index contributed by atoms with van der Waals surface area (Å²) in [5, 5.41) is 12.8. The largest absolute Gasteiger partial charge is 0.381 e. The average molecular weight is 257 g/mol. The molecule has 1 saturated heterocycles. The number of nitrogens with one attached hydrogen (secondary N) is 1. The fourth-order valence-corrected chi connectivity index (χ4v) is 2.72. The first kappa shape index (κ1) is 13.9. The molecule has 0 bridgehead atoms. The lowest BCUT2D eigenvalue weighted by molar-refractivity contribution is 0.177. The van der Waals surface area contributed by atoms with Gasteiger partial charge in [0.2, 0.25) is 0 Å². The molecule has 1 fully saturated rings. The molecule has 0 spiro atoms. The molecule has 0 atom stereocenters. The molecule has 1 aromatic rings. The molecule has 102 valence electrons. The molecule has 0 radical (unpaired) electrons. The lowest BCUT2D eigenvalue weighted by Gasteiger charge is -2.35. The van der Waals surface area contributed by atoms with E-state index < -0.39 is 0 Å². The quantitative estimate of drug-likeness (QED) is 0.904. The van der Waals surface area contributed by atoms with Gasteiger partial charge in [-0.25, -0.2) is 0 Å². The molecule has 1 heterocycles. The molecule has 0 amide bonds. The number of hydrogen-bond donors (Lipinski definition) is 1. The van der Waals surface area contributed by atoms with E-state index in [1.54, 1.807) is 0 Å². The van der Waals surface area contributed by atoms with Crippen LogP contribution in [-0.4, -0.2) is 30.1 Å². The SMILES string of the molecule is Cc1cccc(NC2CCN(C(C)C)CC2)c1C#N. The van der Waals surface area contributed by atoms with Gasteiger partial charge in [-0.15, -0.1) is 0 Å². The number of benzene rings is 1. The first-order valence-electron chi connectivity index (χ1n) is 7.12. The Morgan fingerprint density at radius 3 is 2.58 bits per heavy atom. The van der Waals surface area contributed by atoms with Crippen LogP contribution in [-0.2, 0) is 0 Å². The topological polar surface area (TPSA) is 39.1 Å². The van der Waals surface area contributed by atoms with Gasteiger partial charge in [0.25, 0.3) is 0 Å². The van der Waals surface area contributed by atoms with Crippen molar-refractivity contribution in [3.63, 3.8) is 0 Å². The molecule has 3 nitrogen and oxygen atoms in total. The summed E-state index contributed by atoms with van der Waals surface area (Å²) in [7, 11) is 0. The van der Waals surface area contributed by atoms with Crippen molar-refractivity contribution in [1.82, 2.24) is 4.90 Å². The van der Waals surface area contributed by atoms with Crippen molar-refractivity contribution in [2.75, 3.05) is 18.4 Å². The van der Waals surface area contributed by atoms with E-state index in [1.165, 1.54) is 0 Å². The zero-order chi connectivity index (χ0) is 13.8. The molecule has 3 heteroatoms. The highest BCUT2D eigenvalue weighted by molar-refractivity contribution is 5.61. The molecule has 0 saturated carbocycles. The molecule has 0 aliphatic carbocycles. The van der Waals surface area contributed by atoms with E-state index in [0.717, 1.165) is 42.7 Å². The average Bonchev–Trinajstić information content (AvgIpc) is 2.39. The Bertz CT molecular complexity index is 465. The Hall–Kier alpha value is -1.53. The van der Waals surface area contributed by atoms with Crippen molar-refractivity contribution in [2.24, 2.45) is 0 Å². The minimum atomic E-state index is 0.490. The third-order valence-corrected chi connectivity index (χ3v) is 4.00. The van der Waals surface area contributed by atoms with Gasteiger partial charge in [0.15, 0.2) is 0 Å². The number of likely N-dealkylation sites (tertiary alicyclic amines) is 1. The van der Waals surface area contributed by atoms with Gasteiger partial charge in [0.1, 0.15) is 6.07 Å². The van der Waals surface area contributed by atoms with Crippen LogP contribution in [0.5, 0.6) is 0 Å². The van der Waals surface area contributed by atoms with E-state index in [0.29, 0.717) is 12.1 Å². The van der Waals surface area contributed by atoms with Gasteiger partial charge in [0.05, 0.1) is 11.3 Å². The Labute approximate surface area is 116 Å². The van der Waals surface area contributed by atoms with Crippen LogP contribution in [0.3, 0.4) is 0 Å². The Balaban J connectivity index is 2.00. The second kappa shape index (κ2) is 6.08. The van der Waals surface area contributed by atoms with Gasteiger partial charge in [0, 0.05) is 25.2 Å². The van der Waals surface area contributed by atoms with Gasteiger partial charge in [-0.2, -0.15) is 5.26 Å². The molecule has 19 heavy (non-hydrogen) atoms. The summed E-state index contributed by atoms with van der Waals surface area (Å²) < 4.78 is 0. The van der Waals surface area contributed by atoms with Crippen molar-refractivity contribution < 1.29 is 0 Å². The fourth-order valence-electron chi connectivity index (χ4n) is 2.72. The van der Waals surface area contributed by atoms with Gasteiger partial charge in [-0.05, 0) is 45.2 Å². The lowest BCUT2D eigenvalue weighted by Crippen LogP contribution is -2.42. The third kappa shape index (κ3) is 3.27.